The van der Waals surface area contributed by atoms with Gasteiger partial charge in [0.1, 0.15) is 11.6 Å². The van der Waals surface area contributed by atoms with Crippen LogP contribution in [-0.4, -0.2) is 56.6 Å². The molecule has 31 heavy (non-hydrogen) atoms. The second-order valence-electron chi connectivity index (χ2n) is 8.21. The molecular formula is C20H26N6O4S. The van der Waals surface area contributed by atoms with Crippen molar-refractivity contribution in [3.05, 3.63) is 36.3 Å². The Balaban J connectivity index is 1.85. The number of aromatic nitrogens is 4. The standard InChI is InChI=1S/C20H26N6O4S/c1-12(2)26-10-14(18(27)28)13-9-22-17(8-15(13)26)24-16-6-7-21-19(25-16)23-11-20(3,4)31(5,29)30/h6-10,12H,11H2,1-5H3,(H,27,28)(H2,21,22,23,24,25). The summed E-state index contributed by atoms with van der Waals surface area (Å²) in [4.78, 5) is 24.3. The minimum absolute atomic E-state index is 0.0684. The lowest BCUT2D eigenvalue weighted by molar-refractivity contribution is 0.0698. The van der Waals surface area contributed by atoms with Crippen molar-refractivity contribution in [3.8, 4) is 0 Å². The summed E-state index contributed by atoms with van der Waals surface area (Å²) in [5.74, 6) is 0.227. The van der Waals surface area contributed by atoms with Crippen molar-refractivity contribution in [3.63, 3.8) is 0 Å². The molecule has 0 aliphatic heterocycles. The Morgan fingerprint density at radius 3 is 2.58 bits per heavy atom. The number of hydrogen-bond acceptors (Lipinski definition) is 8. The van der Waals surface area contributed by atoms with Crippen LogP contribution < -0.4 is 10.6 Å². The average Bonchev–Trinajstić information content (AvgIpc) is 3.05. The number of nitrogens with zero attached hydrogens (tertiary/aromatic N) is 4. The first-order valence-corrected chi connectivity index (χ1v) is 11.6. The van der Waals surface area contributed by atoms with E-state index >= 15 is 0 Å². The van der Waals surface area contributed by atoms with Crippen molar-refractivity contribution in [1.29, 1.82) is 0 Å². The van der Waals surface area contributed by atoms with Crippen LogP contribution in [0.5, 0.6) is 0 Å². The molecule has 0 aliphatic rings. The quantitative estimate of drug-likeness (QED) is 0.476. The van der Waals surface area contributed by atoms with E-state index in [2.05, 4.69) is 25.6 Å². The van der Waals surface area contributed by atoms with Gasteiger partial charge in [0, 0.05) is 48.9 Å². The summed E-state index contributed by atoms with van der Waals surface area (Å²) >= 11 is 0. The molecule has 0 fully saturated rings. The Bertz CT molecular complexity index is 1230. The first kappa shape index (κ1) is 22.5. The fraction of sp³-hybridized carbons (Fsp3) is 0.400. The summed E-state index contributed by atoms with van der Waals surface area (Å²) < 4.78 is 24.6. The van der Waals surface area contributed by atoms with Gasteiger partial charge in [-0.3, -0.25) is 0 Å². The minimum Gasteiger partial charge on any atom is -0.478 e. The van der Waals surface area contributed by atoms with Crippen LogP contribution in [0.3, 0.4) is 0 Å². The van der Waals surface area contributed by atoms with Crippen molar-refractivity contribution in [2.75, 3.05) is 23.4 Å². The predicted molar refractivity (Wildman–Crippen MR) is 120 cm³/mol. The molecule has 3 aromatic heterocycles. The summed E-state index contributed by atoms with van der Waals surface area (Å²) in [6.07, 6.45) is 5.87. The van der Waals surface area contributed by atoms with Crippen LogP contribution in [0.4, 0.5) is 17.6 Å². The zero-order chi connectivity index (χ0) is 23.0. The van der Waals surface area contributed by atoms with E-state index in [-0.39, 0.29) is 24.1 Å². The molecule has 3 N–H and O–H groups in total. The summed E-state index contributed by atoms with van der Waals surface area (Å²) in [6, 6.07) is 3.49. The van der Waals surface area contributed by atoms with Crippen LogP contribution in [0.15, 0.2) is 30.7 Å². The third-order valence-corrected chi connectivity index (χ3v) is 7.24. The van der Waals surface area contributed by atoms with E-state index in [0.717, 1.165) is 5.52 Å². The Morgan fingerprint density at radius 1 is 1.26 bits per heavy atom. The molecule has 3 aromatic rings. The summed E-state index contributed by atoms with van der Waals surface area (Å²) in [5.41, 5.74) is 0.942. The van der Waals surface area contributed by atoms with E-state index in [1.807, 2.05) is 18.4 Å². The van der Waals surface area contributed by atoms with E-state index in [1.165, 1.54) is 12.5 Å². The van der Waals surface area contributed by atoms with E-state index in [0.29, 0.717) is 17.0 Å². The number of nitrogens with one attached hydrogen (secondary N) is 2. The smallest absolute Gasteiger partial charge is 0.337 e. The van der Waals surface area contributed by atoms with E-state index < -0.39 is 20.6 Å². The number of carboxylic acid groups (broad SMARTS) is 1. The SMILES string of the molecule is CC(C)n1cc(C(=O)O)c2cnc(Nc3ccnc(NCC(C)(C)S(C)(=O)=O)n3)cc21. The normalized spacial score (nSPS) is 12.3. The maximum atomic E-state index is 11.9. The monoisotopic (exact) mass is 446 g/mol. The molecule has 10 nitrogen and oxygen atoms in total. The summed E-state index contributed by atoms with van der Waals surface area (Å²) in [6.45, 7) is 7.36. The average molecular weight is 447 g/mol. The molecule has 0 bridgehead atoms. The number of pyridine rings is 1. The fourth-order valence-corrected chi connectivity index (χ4v) is 3.21. The first-order valence-electron chi connectivity index (χ1n) is 9.66. The van der Waals surface area contributed by atoms with Gasteiger partial charge in [-0.15, -0.1) is 0 Å². The number of fused-ring (bicyclic) bond motifs is 1. The van der Waals surface area contributed by atoms with Gasteiger partial charge in [-0.05, 0) is 33.8 Å². The van der Waals surface area contributed by atoms with Gasteiger partial charge in [-0.25, -0.2) is 23.2 Å². The number of carbonyl (C=O) groups is 1. The van der Waals surface area contributed by atoms with Gasteiger partial charge in [0.25, 0.3) is 0 Å². The van der Waals surface area contributed by atoms with Gasteiger partial charge >= 0.3 is 5.97 Å². The van der Waals surface area contributed by atoms with Crippen LogP contribution >= 0.6 is 0 Å². The molecule has 0 saturated heterocycles. The van der Waals surface area contributed by atoms with Gasteiger partial charge in [-0.2, -0.15) is 4.98 Å². The first-order chi connectivity index (χ1) is 14.4. The summed E-state index contributed by atoms with van der Waals surface area (Å²) in [5, 5.41) is 16.1. The molecule has 166 valence electrons. The molecular weight excluding hydrogens is 420 g/mol. The van der Waals surface area contributed by atoms with Gasteiger partial charge in [0.05, 0.1) is 15.8 Å². The van der Waals surface area contributed by atoms with Crippen LogP contribution in [0.25, 0.3) is 10.9 Å². The number of hydrogen-bond donors (Lipinski definition) is 3. The Kier molecular flexibility index (Phi) is 5.90. The van der Waals surface area contributed by atoms with E-state index in [9.17, 15) is 18.3 Å². The lowest BCUT2D eigenvalue weighted by Gasteiger charge is -2.22. The van der Waals surface area contributed by atoms with Gasteiger partial charge in [0.2, 0.25) is 5.95 Å². The number of rotatable bonds is 8. The van der Waals surface area contributed by atoms with Gasteiger partial charge < -0.3 is 20.3 Å². The van der Waals surface area contributed by atoms with Crippen LogP contribution in [0.2, 0.25) is 0 Å². The highest BCUT2D eigenvalue weighted by molar-refractivity contribution is 7.92. The molecule has 3 heterocycles. The largest absolute Gasteiger partial charge is 0.478 e. The molecule has 0 atom stereocenters. The minimum atomic E-state index is -3.26. The Morgan fingerprint density at radius 2 is 1.97 bits per heavy atom. The Labute approximate surface area is 180 Å². The van der Waals surface area contributed by atoms with Crippen LogP contribution in [0.1, 0.15) is 44.1 Å². The third-order valence-electron chi connectivity index (χ3n) is 5.09. The summed E-state index contributed by atoms with van der Waals surface area (Å²) in [7, 11) is -3.26. The highest BCUT2D eigenvalue weighted by Gasteiger charge is 2.30. The second kappa shape index (κ2) is 8.14. The van der Waals surface area contributed by atoms with Crippen molar-refractivity contribution < 1.29 is 18.3 Å². The molecule has 0 aliphatic carbocycles. The topological polar surface area (TPSA) is 139 Å². The van der Waals surface area contributed by atoms with E-state index in [1.54, 1.807) is 38.4 Å². The third kappa shape index (κ3) is 4.76. The molecule has 0 spiro atoms. The van der Waals surface area contributed by atoms with E-state index in [4.69, 9.17) is 0 Å². The number of anilines is 3. The van der Waals surface area contributed by atoms with Crippen molar-refractivity contribution in [2.45, 2.75) is 38.5 Å². The van der Waals surface area contributed by atoms with Gasteiger partial charge in [0.15, 0.2) is 9.84 Å². The van der Waals surface area contributed by atoms with Crippen molar-refractivity contribution >= 4 is 44.3 Å². The van der Waals surface area contributed by atoms with Crippen LogP contribution in [-0.2, 0) is 9.84 Å². The lowest BCUT2D eigenvalue weighted by Crippen LogP contribution is -2.38. The molecule has 0 amide bonds. The number of carboxylic acids is 1. The molecule has 0 aromatic carbocycles. The number of aromatic carboxylic acids is 1. The molecule has 11 heteroatoms. The maximum Gasteiger partial charge on any atom is 0.337 e. The molecule has 0 radical (unpaired) electrons. The predicted octanol–water partition coefficient (Wildman–Crippen LogP) is 3.08. The molecule has 3 rings (SSSR count). The highest BCUT2D eigenvalue weighted by atomic mass is 32.2. The molecule has 0 saturated carbocycles. The fourth-order valence-electron chi connectivity index (χ4n) is 2.88. The lowest BCUT2D eigenvalue weighted by atomic mass is 10.2. The maximum absolute atomic E-state index is 11.9. The highest BCUT2D eigenvalue weighted by Crippen LogP contribution is 2.27. The molecule has 0 unspecified atom stereocenters. The van der Waals surface area contributed by atoms with Crippen molar-refractivity contribution in [1.82, 2.24) is 19.5 Å². The zero-order valence-corrected chi connectivity index (χ0v) is 18.9. The Hall–Kier alpha value is -3.21. The number of sulfone groups is 1. The van der Waals surface area contributed by atoms with Crippen molar-refractivity contribution in [2.24, 2.45) is 0 Å². The second-order valence-corrected chi connectivity index (χ2v) is 10.9. The zero-order valence-electron chi connectivity index (χ0n) is 18.0. The van der Waals surface area contributed by atoms with Crippen LogP contribution in [0, 0.1) is 0 Å². The van der Waals surface area contributed by atoms with Gasteiger partial charge in [-0.1, -0.05) is 0 Å².